The lowest BCUT2D eigenvalue weighted by Crippen LogP contribution is -2.30. The van der Waals surface area contributed by atoms with E-state index in [0.29, 0.717) is 37.5 Å². The summed E-state index contributed by atoms with van der Waals surface area (Å²) in [6.07, 6.45) is 11.1. The van der Waals surface area contributed by atoms with E-state index in [-0.39, 0.29) is 11.6 Å². The molecule has 4 aromatic rings. The molecule has 0 aliphatic carbocycles. The van der Waals surface area contributed by atoms with Crippen molar-refractivity contribution in [3.63, 3.8) is 0 Å². The molecule has 0 unspecified atom stereocenters. The lowest BCUT2D eigenvalue weighted by molar-refractivity contribution is -0.115. The molecule has 2 heterocycles. The van der Waals surface area contributed by atoms with Gasteiger partial charge in [-0.25, -0.2) is 4.98 Å². The highest BCUT2D eigenvalue weighted by Gasteiger charge is 2.20. The molecule has 1 aromatic heterocycles. The molecule has 264 valence electrons. The Morgan fingerprint density at radius 2 is 1.64 bits per heavy atom. The summed E-state index contributed by atoms with van der Waals surface area (Å²) in [6, 6.07) is 22.3. The van der Waals surface area contributed by atoms with Crippen LogP contribution >= 0.6 is 0 Å². The molecule has 0 amide bonds. The Morgan fingerprint density at radius 1 is 0.860 bits per heavy atom. The van der Waals surface area contributed by atoms with Crippen molar-refractivity contribution < 1.29 is 19.1 Å². The van der Waals surface area contributed by atoms with Gasteiger partial charge in [-0.3, -0.25) is 9.59 Å². The second-order valence-corrected chi connectivity index (χ2v) is 13.7. The second-order valence-electron chi connectivity index (χ2n) is 13.7. The van der Waals surface area contributed by atoms with Gasteiger partial charge < -0.3 is 18.9 Å². The highest BCUT2D eigenvalue weighted by atomic mass is 16.5. The van der Waals surface area contributed by atoms with Gasteiger partial charge in [0.2, 0.25) is 0 Å². The van der Waals surface area contributed by atoms with E-state index in [0.717, 1.165) is 97.6 Å². The Morgan fingerprint density at radius 3 is 2.38 bits per heavy atom. The number of unbranched alkanes of at least 4 members (excludes halogenated alkanes) is 1. The van der Waals surface area contributed by atoms with E-state index in [1.165, 1.54) is 5.69 Å². The van der Waals surface area contributed by atoms with Gasteiger partial charge in [-0.15, -0.1) is 0 Å². The molecule has 0 radical (unpaired) electrons. The van der Waals surface area contributed by atoms with Gasteiger partial charge in [-0.2, -0.15) is 0 Å². The van der Waals surface area contributed by atoms with Gasteiger partial charge in [0.25, 0.3) is 0 Å². The molecular weight excluding hydrogens is 622 g/mol. The number of carbonyl (C=O) groups excluding carboxylic acids is 2. The van der Waals surface area contributed by atoms with Crippen LogP contribution in [-0.2, 0) is 28.9 Å². The smallest absolute Gasteiger partial charge is 0.168 e. The predicted molar refractivity (Wildman–Crippen MR) is 203 cm³/mol. The highest BCUT2D eigenvalue weighted by molar-refractivity contribution is 6.02. The summed E-state index contributed by atoms with van der Waals surface area (Å²) < 4.78 is 13.5. The molecule has 0 atom stereocenters. The zero-order valence-corrected chi connectivity index (χ0v) is 30.3. The topological polar surface area (TPSA) is 73.7 Å². The summed E-state index contributed by atoms with van der Waals surface area (Å²) in [5.41, 5.74) is 7.77. The molecule has 3 aromatic carbocycles. The maximum Gasteiger partial charge on any atom is 0.168 e. The number of anilines is 1. The third kappa shape index (κ3) is 10.3. The van der Waals surface area contributed by atoms with Crippen LogP contribution in [0.25, 0.3) is 17.2 Å². The van der Waals surface area contributed by atoms with Crippen molar-refractivity contribution in [2.75, 3.05) is 37.8 Å². The van der Waals surface area contributed by atoms with Crippen LogP contribution in [0, 0.1) is 5.92 Å². The molecule has 0 N–H and O–H groups in total. The van der Waals surface area contributed by atoms with Crippen molar-refractivity contribution in [2.24, 2.45) is 5.92 Å². The number of aromatic nitrogens is 2. The van der Waals surface area contributed by atoms with Gasteiger partial charge in [0, 0.05) is 55.8 Å². The lowest BCUT2D eigenvalue weighted by Gasteiger charge is -2.30. The first kappa shape index (κ1) is 36.8. The number of ether oxygens (including phenoxy) is 2. The zero-order valence-electron chi connectivity index (χ0n) is 30.3. The Kier molecular flexibility index (Phi) is 13.6. The quantitative estimate of drug-likeness (QED) is 0.0774. The Balaban J connectivity index is 1.30. The number of Topliss-reactive ketones (excluding diaryl/α,β-unsaturated/α-hetero) is 2. The van der Waals surface area contributed by atoms with E-state index in [2.05, 4.69) is 74.0 Å². The number of hydrogen-bond donors (Lipinski definition) is 0. The first-order valence-corrected chi connectivity index (χ1v) is 18.4. The number of allylic oxidation sites excluding steroid dienone is 1. The highest BCUT2D eigenvalue weighted by Crippen LogP contribution is 2.33. The molecule has 5 rings (SSSR count). The molecular formula is C43H53N3O4. The van der Waals surface area contributed by atoms with E-state index < -0.39 is 0 Å². The number of imidazole rings is 1. The third-order valence-corrected chi connectivity index (χ3v) is 9.09. The number of nitrogens with zero attached hydrogens (tertiary/aromatic N) is 3. The fraction of sp³-hybridized carbons (Fsp3) is 0.419. The standard InChI is InChI=1S/C43H53N3O4/c1-5-7-22-49-23-24-50-40-17-14-34(15-18-40)36-16-19-41-38(26-36)27-37(9-8-21-45(41)30-32(3)4)42(47)25-33-10-12-35(13-11-33)43(48)28-39-29-44-31-46(39)20-6-2/h10-19,26-27,29,31-32H,5-9,20-25,28,30H2,1-4H3. The zero-order chi connectivity index (χ0) is 35.3. The SMILES string of the molecule is CCCCOCCOc1ccc(-c2ccc3c(c2)C=C(C(=O)Cc2ccc(C(=O)Cc4cncn4CCC)cc2)CCCN3CC(C)C)cc1. The molecule has 0 fully saturated rings. The van der Waals surface area contributed by atoms with Crippen molar-refractivity contribution >= 4 is 23.3 Å². The number of rotatable bonds is 18. The normalized spacial score (nSPS) is 13.1. The first-order chi connectivity index (χ1) is 24.3. The van der Waals surface area contributed by atoms with Crippen molar-refractivity contribution in [1.29, 1.82) is 0 Å². The maximum atomic E-state index is 13.8. The predicted octanol–water partition coefficient (Wildman–Crippen LogP) is 9.03. The van der Waals surface area contributed by atoms with Crippen LogP contribution in [0.1, 0.15) is 87.0 Å². The average molecular weight is 676 g/mol. The number of fused-ring (bicyclic) bond motifs is 1. The molecule has 0 saturated carbocycles. The van der Waals surface area contributed by atoms with Gasteiger partial charge in [-0.1, -0.05) is 76.6 Å². The van der Waals surface area contributed by atoms with Gasteiger partial charge in [0.15, 0.2) is 11.6 Å². The van der Waals surface area contributed by atoms with Gasteiger partial charge in [-0.05, 0) is 89.8 Å². The van der Waals surface area contributed by atoms with Crippen molar-refractivity contribution in [3.05, 3.63) is 107 Å². The lowest BCUT2D eigenvalue weighted by atomic mass is 9.92. The minimum Gasteiger partial charge on any atom is -0.491 e. The summed E-state index contributed by atoms with van der Waals surface area (Å²) in [5.74, 6) is 1.52. The van der Waals surface area contributed by atoms with Crippen LogP contribution in [0.4, 0.5) is 5.69 Å². The molecule has 50 heavy (non-hydrogen) atoms. The first-order valence-electron chi connectivity index (χ1n) is 18.4. The molecule has 1 aliphatic heterocycles. The fourth-order valence-electron chi connectivity index (χ4n) is 6.45. The minimum absolute atomic E-state index is 0.0522. The average Bonchev–Trinajstić information content (AvgIpc) is 3.54. The van der Waals surface area contributed by atoms with Crippen molar-refractivity contribution in [1.82, 2.24) is 9.55 Å². The maximum absolute atomic E-state index is 13.8. The van der Waals surface area contributed by atoms with Crippen molar-refractivity contribution in [3.8, 4) is 16.9 Å². The van der Waals surface area contributed by atoms with Crippen LogP contribution in [-0.4, -0.2) is 54.0 Å². The van der Waals surface area contributed by atoms with Crippen LogP contribution < -0.4 is 9.64 Å². The molecule has 0 spiro atoms. The third-order valence-electron chi connectivity index (χ3n) is 9.09. The molecule has 7 heteroatoms. The Hall–Kier alpha value is -4.49. The number of hydrogen-bond acceptors (Lipinski definition) is 6. The summed E-state index contributed by atoms with van der Waals surface area (Å²) in [4.78, 5) is 33.5. The Labute approximate surface area is 298 Å². The van der Waals surface area contributed by atoms with Gasteiger partial charge in [0.05, 0.1) is 19.4 Å². The summed E-state index contributed by atoms with van der Waals surface area (Å²) >= 11 is 0. The summed E-state index contributed by atoms with van der Waals surface area (Å²) in [5, 5.41) is 0. The van der Waals surface area contributed by atoms with Crippen molar-refractivity contribution in [2.45, 2.75) is 79.2 Å². The second kappa shape index (κ2) is 18.5. The Bertz CT molecular complexity index is 1720. The van der Waals surface area contributed by atoms with E-state index >= 15 is 0 Å². The van der Waals surface area contributed by atoms with E-state index in [1.807, 2.05) is 41.0 Å². The summed E-state index contributed by atoms with van der Waals surface area (Å²) in [7, 11) is 0. The van der Waals surface area contributed by atoms with E-state index in [9.17, 15) is 9.59 Å². The van der Waals surface area contributed by atoms with Crippen LogP contribution in [0.3, 0.4) is 0 Å². The van der Waals surface area contributed by atoms with Crippen LogP contribution in [0.5, 0.6) is 5.75 Å². The number of benzene rings is 3. The molecule has 0 bridgehead atoms. The van der Waals surface area contributed by atoms with E-state index in [1.54, 1.807) is 12.5 Å². The fourth-order valence-corrected chi connectivity index (χ4v) is 6.45. The largest absolute Gasteiger partial charge is 0.491 e. The summed E-state index contributed by atoms with van der Waals surface area (Å²) in [6.45, 7) is 13.4. The molecule has 1 aliphatic rings. The minimum atomic E-state index is 0.0522. The number of carbonyl (C=O) groups is 2. The van der Waals surface area contributed by atoms with Crippen LogP contribution in [0.15, 0.2) is 84.8 Å². The molecule has 7 nitrogen and oxygen atoms in total. The molecule has 0 saturated heterocycles. The van der Waals surface area contributed by atoms with Gasteiger partial charge in [0.1, 0.15) is 12.4 Å². The monoisotopic (exact) mass is 675 g/mol. The number of aryl methyl sites for hydroxylation is 1. The van der Waals surface area contributed by atoms with Crippen LogP contribution in [0.2, 0.25) is 0 Å². The van der Waals surface area contributed by atoms with Gasteiger partial charge >= 0.3 is 0 Å². The van der Waals surface area contributed by atoms with E-state index in [4.69, 9.17) is 9.47 Å². The number of ketones is 2.